The number of thiocarbonyl (C=S) groups is 1. The van der Waals surface area contributed by atoms with Crippen LogP contribution in [-0.4, -0.2) is 5.11 Å². The van der Waals surface area contributed by atoms with Crippen LogP contribution in [0.3, 0.4) is 0 Å². The van der Waals surface area contributed by atoms with E-state index in [0.717, 1.165) is 10.2 Å². The molecule has 0 aromatic heterocycles. The second kappa shape index (κ2) is 7.25. The Labute approximate surface area is 144 Å². The zero-order valence-electron chi connectivity index (χ0n) is 11.8. The van der Waals surface area contributed by atoms with E-state index in [1.807, 2.05) is 30.3 Å². The smallest absolute Gasteiger partial charge is 0.171 e. The second-order valence-electron chi connectivity index (χ2n) is 4.81. The number of nitrogens with one attached hydrogen (secondary N) is 2. The van der Waals surface area contributed by atoms with Crippen LogP contribution in [0.25, 0.3) is 0 Å². The third-order valence-corrected chi connectivity index (χ3v) is 4.63. The molecule has 0 amide bonds. The summed E-state index contributed by atoms with van der Waals surface area (Å²) in [5.41, 5.74) is 3.33. The first-order chi connectivity index (χ1) is 9.97. The predicted octanol–water partition coefficient (Wildman–Crippen LogP) is 5.46. The van der Waals surface area contributed by atoms with E-state index < -0.39 is 0 Å². The van der Waals surface area contributed by atoms with Crippen LogP contribution in [-0.2, 0) is 0 Å². The van der Waals surface area contributed by atoms with Crippen molar-refractivity contribution < 1.29 is 0 Å². The van der Waals surface area contributed by atoms with Gasteiger partial charge >= 0.3 is 0 Å². The summed E-state index contributed by atoms with van der Waals surface area (Å²) in [5.74, 6) is 0. The van der Waals surface area contributed by atoms with Crippen molar-refractivity contribution in [2.45, 2.75) is 19.9 Å². The third kappa shape index (κ3) is 4.43. The molecule has 0 spiro atoms. The molecular formula is C16H16BrClN2S. The van der Waals surface area contributed by atoms with Crippen LogP contribution < -0.4 is 10.6 Å². The van der Waals surface area contributed by atoms with Crippen molar-refractivity contribution in [1.82, 2.24) is 5.32 Å². The Bertz CT molecular complexity index is 660. The molecule has 0 saturated carbocycles. The van der Waals surface area contributed by atoms with E-state index >= 15 is 0 Å². The van der Waals surface area contributed by atoms with Gasteiger partial charge in [-0.25, -0.2) is 0 Å². The number of aryl methyl sites for hydroxylation is 1. The van der Waals surface area contributed by atoms with Gasteiger partial charge < -0.3 is 10.6 Å². The zero-order chi connectivity index (χ0) is 15.4. The van der Waals surface area contributed by atoms with Crippen LogP contribution in [0.5, 0.6) is 0 Å². The maximum atomic E-state index is 6.07. The molecule has 2 nitrogen and oxygen atoms in total. The molecule has 0 aliphatic carbocycles. The molecule has 0 radical (unpaired) electrons. The minimum absolute atomic E-state index is 0.136. The average Bonchev–Trinajstić information content (AvgIpc) is 2.43. The van der Waals surface area contributed by atoms with E-state index in [1.165, 1.54) is 11.1 Å². The summed E-state index contributed by atoms with van der Waals surface area (Å²) < 4.78 is 0.863. The van der Waals surface area contributed by atoms with Gasteiger partial charge in [0.2, 0.25) is 0 Å². The zero-order valence-corrected chi connectivity index (χ0v) is 14.9. The van der Waals surface area contributed by atoms with E-state index in [2.05, 4.69) is 52.5 Å². The molecular weight excluding hydrogens is 368 g/mol. The highest BCUT2D eigenvalue weighted by molar-refractivity contribution is 9.10. The van der Waals surface area contributed by atoms with E-state index in [-0.39, 0.29) is 6.04 Å². The molecule has 21 heavy (non-hydrogen) atoms. The highest BCUT2D eigenvalue weighted by atomic mass is 79.9. The highest BCUT2D eigenvalue weighted by Crippen LogP contribution is 2.25. The molecule has 0 aliphatic heterocycles. The standard InChI is InChI=1S/C16H16BrClN2S/c1-10-5-3-4-6-13(10)11(2)19-16(21)20-12-7-8-14(17)15(18)9-12/h3-9,11H,1-2H3,(H2,19,20,21)/t11-/m1/s1. The van der Waals surface area contributed by atoms with E-state index in [0.29, 0.717) is 10.1 Å². The molecule has 0 heterocycles. The van der Waals surface area contributed by atoms with Gasteiger partial charge in [0.1, 0.15) is 0 Å². The molecule has 2 N–H and O–H groups in total. The second-order valence-corrected chi connectivity index (χ2v) is 6.48. The van der Waals surface area contributed by atoms with Crippen molar-refractivity contribution >= 4 is 50.5 Å². The summed E-state index contributed by atoms with van der Waals surface area (Å²) in [7, 11) is 0. The van der Waals surface area contributed by atoms with Crippen LogP contribution in [0, 0.1) is 6.92 Å². The minimum atomic E-state index is 0.136. The molecule has 0 bridgehead atoms. The maximum Gasteiger partial charge on any atom is 0.171 e. The monoisotopic (exact) mass is 382 g/mol. The number of rotatable bonds is 3. The fraction of sp³-hybridized carbons (Fsp3) is 0.188. The van der Waals surface area contributed by atoms with Gasteiger partial charge in [-0.05, 0) is 71.3 Å². The van der Waals surface area contributed by atoms with Gasteiger partial charge in [0.25, 0.3) is 0 Å². The first-order valence-corrected chi connectivity index (χ1v) is 8.13. The van der Waals surface area contributed by atoms with Crippen molar-refractivity contribution in [2.75, 3.05) is 5.32 Å². The molecule has 0 aliphatic rings. The highest BCUT2D eigenvalue weighted by Gasteiger charge is 2.09. The van der Waals surface area contributed by atoms with Crippen LogP contribution in [0.4, 0.5) is 5.69 Å². The topological polar surface area (TPSA) is 24.1 Å². The SMILES string of the molecule is Cc1ccccc1[C@@H](C)NC(=S)Nc1ccc(Br)c(Cl)c1. The summed E-state index contributed by atoms with van der Waals surface area (Å²) in [6, 6.07) is 14.0. The largest absolute Gasteiger partial charge is 0.356 e. The van der Waals surface area contributed by atoms with Gasteiger partial charge in [-0.3, -0.25) is 0 Å². The van der Waals surface area contributed by atoms with Gasteiger partial charge in [-0.2, -0.15) is 0 Å². The van der Waals surface area contributed by atoms with E-state index in [1.54, 1.807) is 0 Å². The summed E-state index contributed by atoms with van der Waals surface area (Å²) in [5, 5.41) is 7.65. The number of benzene rings is 2. The summed E-state index contributed by atoms with van der Waals surface area (Å²) in [6.45, 7) is 4.18. The first kappa shape index (κ1) is 16.3. The van der Waals surface area contributed by atoms with Crippen molar-refractivity contribution in [3.63, 3.8) is 0 Å². The fourth-order valence-corrected chi connectivity index (χ4v) is 2.81. The number of hydrogen-bond donors (Lipinski definition) is 2. The average molecular weight is 384 g/mol. The quantitative estimate of drug-likeness (QED) is 0.688. The Kier molecular flexibility index (Phi) is 5.62. The number of hydrogen-bond acceptors (Lipinski definition) is 1. The molecule has 2 rings (SSSR count). The molecule has 0 saturated heterocycles. The van der Waals surface area contributed by atoms with E-state index in [4.69, 9.17) is 23.8 Å². The Balaban J connectivity index is 2.01. The van der Waals surface area contributed by atoms with Crippen LogP contribution in [0.15, 0.2) is 46.9 Å². The Morgan fingerprint density at radius 3 is 2.62 bits per heavy atom. The molecule has 2 aromatic rings. The van der Waals surface area contributed by atoms with Gasteiger partial charge in [-0.1, -0.05) is 35.9 Å². The predicted molar refractivity (Wildman–Crippen MR) is 98.1 cm³/mol. The maximum absolute atomic E-state index is 6.07. The van der Waals surface area contributed by atoms with Crippen molar-refractivity contribution in [3.8, 4) is 0 Å². The lowest BCUT2D eigenvalue weighted by atomic mass is 10.0. The summed E-state index contributed by atoms with van der Waals surface area (Å²) >= 11 is 14.8. The third-order valence-electron chi connectivity index (χ3n) is 3.18. The molecule has 5 heteroatoms. The number of halogens is 2. The Hall–Kier alpha value is -1.10. The molecule has 2 aromatic carbocycles. The van der Waals surface area contributed by atoms with Crippen molar-refractivity contribution in [3.05, 3.63) is 63.1 Å². The van der Waals surface area contributed by atoms with Crippen LogP contribution in [0.1, 0.15) is 24.1 Å². The lowest BCUT2D eigenvalue weighted by Gasteiger charge is -2.19. The van der Waals surface area contributed by atoms with Gasteiger partial charge in [-0.15, -0.1) is 0 Å². The Morgan fingerprint density at radius 1 is 1.24 bits per heavy atom. The van der Waals surface area contributed by atoms with Crippen LogP contribution >= 0.6 is 39.7 Å². The fourth-order valence-electron chi connectivity index (χ4n) is 2.09. The van der Waals surface area contributed by atoms with Crippen molar-refractivity contribution in [2.24, 2.45) is 0 Å². The molecule has 110 valence electrons. The van der Waals surface area contributed by atoms with Crippen LogP contribution in [0.2, 0.25) is 5.02 Å². The molecule has 1 atom stereocenters. The number of anilines is 1. The van der Waals surface area contributed by atoms with Gasteiger partial charge in [0, 0.05) is 10.2 Å². The van der Waals surface area contributed by atoms with E-state index in [9.17, 15) is 0 Å². The van der Waals surface area contributed by atoms with Gasteiger partial charge in [0.05, 0.1) is 11.1 Å². The summed E-state index contributed by atoms with van der Waals surface area (Å²) in [6.07, 6.45) is 0. The lowest BCUT2D eigenvalue weighted by Crippen LogP contribution is -2.31. The first-order valence-electron chi connectivity index (χ1n) is 6.55. The van der Waals surface area contributed by atoms with Gasteiger partial charge in [0.15, 0.2) is 5.11 Å². The van der Waals surface area contributed by atoms with Crippen molar-refractivity contribution in [1.29, 1.82) is 0 Å². The normalized spacial score (nSPS) is 11.8. The molecule has 0 unspecified atom stereocenters. The Morgan fingerprint density at radius 2 is 1.95 bits per heavy atom. The molecule has 0 fully saturated rings. The lowest BCUT2D eigenvalue weighted by molar-refractivity contribution is 0.717. The minimum Gasteiger partial charge on any atom is -0.356 e. The summed E-state index contributed by atoms with van der Waals surface area (Å²) in [4.78, 5) is 0.